The van der Waals surface area contributed by atoms with Gasteiger partial charge in [0.1, 0.15) is 11.6 Å². The van der Waals surface area contributed by atoms with E-state index in [0.29, 0.717) is 5.92 Å². The summed E-state index contributed by atoms with van der Waals surface area (Å²) in [5.41, 5.74) is 8.51. The zero-order valence-electron chi connectivity index (χ0n) is 11.6. The number of fused-ring (bicyclic) bond motifs is 1. The second-order valence-corrected chi connectivity index (χ2v) is 6.23. The minimum absolute atomic E-state index is 0.129. The van der Waals surface area contributed by atoms with Crippen LogP contribution in [0.25, 0.3) is 0 Å². The van der Waals surface area contributed by atoms with Crippen LogP contribution in [-0.4, -0.2) is 6.61 Å². The van der Waals surface area contributed by atoms with Crippen LogP contribution in [0.15, 0.2) is 46.9 Å². The van der Waals surface area contributed by atoms with Crippen molar-refractivity contribution in [3.8, 4) is 5.75 Å². The van der Waals surface area contributed by atoms with E-state index in [1.165, 1.54) is 17.7 Å². The van der Waals surface area contributed by atoms with Gasteiger partial charge in [0.25, 0.3) is 0 Å². The Balaban J connectivity index is 1.81. The Labute approximate surface area is 132 Å². The van der Waals surface area contributed by atoms with E-state index in [-0.39, 0.29) is 11.9 Å². The Bertz CT molecular complexity index is 646. The predicted molar refractivity (Wildman–Crippen MR) is 84.9 cm³/mol. The smallest absolute Gasteiger partial charge is 0.124 e. The summed E-state index contributed by atoms with van der Waals surface area (Å²) in [6.45, 7) is 0.721. The molecule has 0 fully saturated rings. The molecule has 0 saturated carbocycles. The molecular weight excluding hydrogens is 333 g/mol. The molecule has 2 aromatic carbocycles. The highest BCUT2D eigenvalue weighted by atomic mass is 79.9. The van der Waals surface area contributed by atoms with E-state index in [4.69, 9.17) is 10.5 Å². The molecule has 110 valence electrons. The molecule has 2 nitrogen and oxygen atoms in total. The number of nitrogens with two attached hydrogens (primary N) is 1. The fourth-order valence-corrected chi connectivity index (χ4v) is 3.54. The van der Waals surface area contributed by atoms with Crippen molar-refractivity contribution >= 4 is 15.9 Å². The van der Waals surface area contributed by atoms with Gasteiger partial charge >= 0.3 is 0 Å². The maximum Gasteiger partial charge on any atom is 0.124 e. The van der Waals surface area contributed by atoms with Crippen LogP contribution in [0.1, 0.15) is 35.9 Å². The lowest BCUT2D eigenvalue weighted by molar-refractivity contribution is 0.259. The first-order chi connectivity index (χ1) is 10.1. The largest absolute Gasteiger partial charge is 0.493 e. The van der Waals surface area contributed by atoms with E-state index in [9.17, 15) is 4.39 Å². The van der Waals surface area contributed by atoms with E-state index >= 15 is 0 Å². The summed E-state index contributed by atoms with van der Waals surface area (Å²) in [6.07, 6.45) is 1.79. The molecule has 2 atom stereocenters. The number of benzene rings is 2. The minimum atomic E-state index is -0.255. The van der Waals surface area contributed by atoms with Crippen LogP contribution in [0.5, 0.6) is 5.75 Å². The maximum atomic E-state index is 13.2. The Morgan fingerprint density at radius 1 is 1.29 bits per heavy atom. The molecule has 1 aliphatic heterocycles. The van der Waals surface area contributed by atoms with Gasteiger partial charge in [0.15, 0.2) is 0 Å². The first-order valence-electron chi connectivity index (χ1n) is 7.07. The summed E-state index contributed by atoms with van der Waals surface area (Å²) in [7, 11) is 0. The molecule has 0 radical (unpaired) electrons. The summed E-state index contributed by atoms with van der Waals surface area (Å²) in [6, 6.07) is 12.7. The van der Waals surface area contributed by atoms with Gasteiger partial charge in [0.05, 0.1) is 6.61 Å². The number of rotatable bonds is 3. The highest BCUT2D eigenvalue weighted by molar-refractivity contribution is 9.10. The highest BCUT2D eigenvalue weighted by Crippen LogP contribution is 2.39. The van der Waals surface area contributed by atoms with Crippen molar-refractivity contribution in [1.82, 2.24) is 0 Å². The zero-order chi connectivity index (χ0) is 14.8. The molecule has 2 N–H and O–H groups in total. The molecule has 0 bridgehead atoms. The third-order valence-electron chi connectivity index (χ3n) is 3.98. The second-order valence-electron chi connectivity index (χ2n) is 5.38. The van der Waals surface area contributed by atoms with E-state index < -0.39 is 0 Å². The standard InChI is InChI=1S/C17H17BrFNO/c18-15-10-12(19)5-6-14(15)16(20)9-11-7-8-21-17-4-2-1-3-13(11)17/h1-6,10-11,16H,7-9,20H2. The van der Waals surface area contributed by atoms with Gasteiger partial charge in [0.2, 0.25) is 0 Å². The van der Waals surface area contributed by atoms with E-state index in [2.05, 4.69) is 22.0 Å². The van der Waals surface area contributed by atoms with Gasteiger partial charge in [0, 0.05) is 10.5 Å². The lowest BCUT2D eigenvalue weighted by atomic mass is 9.86. The van der Waals surface area contributed by atoms with Gasteiger partial charge in [-0.2, -0.15) is 0 Å². The molecule has 1 heterocycles. The second kappa shape index (κ2) is 6.16. The van der Waals surface area contributed by atoms with Crippen LogP contribution < -0.4 is 10.5 Å². The SMILES string of the molecule is NC(CC1CCOc2ccccc21)c1ccc(F)cc1Br. The number of hydrogen-bond acceptors (Lipinski definition) is 2. The average Bonchev–Trinajstić information content (AvgIpc) is 2.47. The van der Waals surface area contributed by atoms with Crippen molar-refractivity contribution in [3.63, 3.8) is 0 Å². The molecule has 1 aliphatic rings. The summed E-state index contributed by atoms with van der Waals surface area (Å²) in [4.78, 5) is 0. The Hall–Kier alpha value is -1.39. The van der Waals surface area contributed by atoms with Gasteiger partial charge < -0.3 is 10.5 Å². The van der Waals surface area contributed by atoms with Gasteiger partial charge in [-0.15, -0.1) is 0 Å². The first-order valence-corrected chi connectivity index (χ1v) is 7.86. The lowest BCUT2D eigenvalue weighted by Gasteiger charge is -2.28. The molecule has 4 heteroatoms. The van der Waals surface area contributed by atoms with Crippen molar-refractivity contribution in [2.75, 3.05) is 6.61 Å². The third kappa shape index (κ3) is 3.11. The molecule has 21 heavy (non-hydrogen) atoms. The van der Waals surface area contributed by atoms with Crippen LogP contribution in [0.2, 0.25) is 0 Å². The summed E-state index contributed by atoms with van der Waals surface area (Å²) in [5, 5.41) is 0. The van der Waals surface area contributed by atoms with E-state index in [0.717, 1.165) is 35.2 Å². The Morgan fingerprint density at radius 3 is 2.90 bits per heavy atom. The molecule has 2 unspecified atom stereocenters. The van der Waals surface area contributed by atoms with Gasteiger partial charge in [-0.25, -0.2) is 4.39 Å². The molecule has 3 rings (SSSR count). The van der Waals surface area contributed by atoms with E-state index in [1.54, 1.807) is 6.07 Å². The highest BCUT2D eigenvalue weighted by Gasteiger charge is 2.24. The van der Waals surface area contributed by atoms with Crippen LogP contribution >= 0.6 is 15.9 Å². The van der Waals surface area contributed by atoms with Gasteiger partial charge in [-0.1, -0.05) is 40.2 Å². The number of halogens is 2. The van der Waals surface area contributed by atoms with Gasteiger partial charge in [-0.3, -0.25) is 0 Å². The van der Waals surface area contributed by atoms with Crippen LogP contribution in [0.3, 0.4) is 0 Å². The Kier molecular flexibility index (Phi) is 4.27. The number of para-hydroxylation sites is 1. The summed E-state index contributed by atoms with van der Waals surface area (Å²) >= 11 is 3.40. The number of ether oxygens (including phenoxy) is 1. The molecule has 0 aliphatic carbocycles. The van der Waals surface area contributed by atoms with Crippen molar-refractivity contribution in [2.24, 2.45) is 5.73 Å². The maximum absolute atomic E-state index is 13.2. The first kappa shape index (κ1) is 14.5. The molecule has 2 aromatic rings. The van der Waals surface area contributed by atoms with Crippen LogP contribution in [0.4, 0.5) is 4.39 Å². The average molecular weight is 350 g/mol. The fraction of sp³-hybridized carbons (Fsp3) is 0.294. The quantitative estimate of drug-likeness (QED) is 0.882. The van der Waals surface area contributed by atoms with Crippen molar-refractivity contribution in [3.05, 3.63) is 63.9 Å². The molecule has 0 spiro atoms. The monoisotopic (exact) mass is 349 g/mol. The van der Waals surface area contributed by atoms with Crippen LogP contribution in [-0.2, 0) is 0 Å². The normalized spacial score (nSPS) is 18.7. The molecule has 0 amide bonds. The summed E-state index contributed by atoms with van der Waals surface area (Å²) in [5.74, 6) is 1.08. The van der Waals surface area contributed by atoms with Crippen molar-refractivity contribution in [1.29, 1.82) is 0 Å². The summed E-state index contributed by atoms with van der Waals surface area (Å²) < 4.78 is 19.6. The molecular formula is C17H17BrFNO. The number of hydrogen-bond donors (Lipinski definition) is 1. The molecule has 0 aromatic heterocycles. The Morgan fingerprint density at radius 2 is 2.10 bits per heavy atom. The van der Waals surface area contributed by atoms with Crippen LogP contribution in [0, 0.1) is 5.82 Å². The third-order valence-corrected chi connectivity index (χ3v) is 4.67. The van der Waals surface area contributed by atoms with Gasteiger partial charge in [-0.05, 0) is 48.1 Å². The predicted octanol–water partition coefficient (Wildman–Crippen LogP) is 4.54. The lowest BCUT2D eigenvalue weighted by Crippen LogP contribution is -2.20. The fourth-order valence-electron chi connectivity index (χ4n) is 2.90. The van der Waals surface area contributed by atoms with Crippen molar-refractivity contribution in [2.45, 2.75) is 24.8 Å². The van der Waals surface area contributed by atoms with Crippen molar-refractivity contribution < 1.29 is 9.13 Å². The minimum Gasteiger partial charge on any atom is -0.493 e. The van der Waals surface area contributed by atoms with E-state index in [1.807, 2.05) is 18.2 Å². The topological polar surface area (TPSA) is 35.2 Å². The zero-order valence-corrected chi connectivity index (χ0v) is 13.1. The molecule has 0 saturated heterocycles.